The molecule has 2 rings (SSSR count). The Morgan fingerprint density at radius 3 is 2.12 bits per heavy atom. The van der Waals surface area contributed by atoms with Gasteiger partial charge in [0.15, 0.2) is 21.5 Å². The molecule has 136 valence electrons. The van der Waals surface area contributed by atoms with E-state index in [1.165, 1.54) is 12.1 Å². The van der Waals surface area contributed by atoms with Crippen molar-refractivity contribution in [3.8, 4) is 0 Å². The van der Waals surface area contributed by atoms with Crippen LogP contribution in [0.1, 0.15) is 58.4 Å². The maximum Gasteiger partial charge on any atom is 0.159 e. The molecule has 5 heteroatoms. The van der Waals surface area contributed by atoms with Gasteiger partial charge in [0.05, 0.1) is 10.5 Å². The van der Waals surface area contributed by atoms with E-state index in [0.717, 1.165) is 44.1 Å². The van der Waals surface area contributed by atoms with Crippen molar-refractivity contribution in [2.45, 2.75) is 64.0 Å². The van der Waals surface area contributed by atoms with Crippen molar-refractivity contribution in [1.82, 2.24) is 0 Å². The Bertz CT molecular complexity index is 654. The highest BCUT2D eigenvalue weighted by atomic mass is 32.2. The molecular formula is C19H28F2O2S. The molecule has 0 saturated heterocycles. The maximum atomic E-state index is 13.2. The Labute approximate surface area is 144 Å². The average Bonchev–Trinajstić information content (AvgIpc) is 2.48. The zero-order valence-corrected chi connectivity index (χ0v) is 15.6. The first-order valence-corrected chi connectivity index (χ1v) is 10.4. The van der Waals surface area contributed by atoms with Crippen LogP contribution in [-0.4, -0.2) is 18.9 Å². The minimum atomic E-state index is -3.06. The molecule has 24 heavy (non-hydrogen) atoms. The van der Waals surface area contributed by atoms with Crippen LogP contribution in [0.3, 0.4) is 0 Å². The molecule has 1 aliphatic carbocycles. The van der Waals surface area contributed by atoms with Crippen molar-refractivity contribution < 1.29 is 17.2 Å². The fraction of sp³-hybridized carbons (Fsp3) is 0.684. The standard InChI is InChI=1S/C19H28F2O2S/c1-19(2,3)24(22,23)13-16-8-5-14(6-9-16)4-7-15-10-11-17(20)18(21)12-15/h10-12,14,16H,4-9,13H2,1-3H3. The molecule has 2 nitrogen and oxygen atoms in total. The molecule has 0 aliphatic heterocycles. The molecule has 0 unspecified atom stereocenters. The number of halogens is 2. The van der Waals surface area contributed by atoms with E-state index in [-0.39, 0.29) is 11.7 Å². The molecule has 1 saturated carbocycles. The van der Waals surface area contributed by atoms with E-state index < -0.39 is 26.2 Å². The normalized spacial score (nSPS) is 22.5. The zero-order valence-electron chi connectivity index (χ0n) is 14.8. The predicted octanol–water partition coefficient (Wildman–Crippen LogP) is 4.92. The molecule has 0 bridgehead atoms. The number of hydrogen-bond donors (Lipinski definition) is 0. The van der Waals surface area contributed by atoms with Crippen molar-refractivity contribution in [3.63, 3.8) is 0 Å². The second-order valence-electron chi connectivity index (χ2n) is 8.07. The third kappa shape index (κ3) is 5.01. The van der Waals surface area contributed by atoms with Crippen molar-refractivity contribution in [3.05, 3.63) is 35.4 Å². The molecule has 1 aromatic carbocycles. The van der Waals surface area contributed by atoms with Crippen LogP contribution >= 0.6 is 0 Å². The highest BCUT2D eigenvalue weighted by molar-refractivity contribution is 7.92. The third-order valence-corrected chi connectivity index (χ3v) is 7.96. The highest BCUT2D eigenvalue weighted by Gasteiger charge is 2.33. The first-order valence-electron chi connectivity index (χ1n) is 8.75. The Kier molecular flexibility index (Phi) is 6.05. The van der Waals surface area contributed by atoms with E-state index >= 15 is 0 Å². The summed E-state index contributed by atoms with van der Waals surface area (Å²) in [6, 6.07) is 4.09. The molecule has 0 spiro atoms. The largest absolute Gasteiger partial charge is 0.228 e. The Morgan fingerprint density at radius 2 is 1.58 bits per heavy atom. The molecule has 0 amide bonds. The van der Waals surface area contributed by atoms with E-state index in [4.69, 9.17) is 0 Å². The number of aryl methyl sites for hydroxylation is 1. The van der Waals surface area contributed by atoms with Crippen molar-refractivity contribution in [2.24, 2.45) is 11.8 Å². The lowest BCUT2D eigenvalue weighted by Crippen LogP contribution is -2.34. The summed E-state index contributed by atoms with van der Waals surface area (Å²) < 4.78 is 50.1. The van der Waals surface area contributed by atoms with Crippen LogP contribution in [0.4, 0.5) is 8.78 Å². The molecule has 0 atom stereocenters. The van der Waals surface area contributed by atoms with Crippen LogP contribution in [0.5, 0.6) is 0 Å². The highest BCUT2D eigenvalue weighted by Crippen LogP contribution is 2.34. The topological polar surface area (TPSA) is 34.1 Å². The Morgan fingerprint density at radius 1 is 1.00 bits per heavy atom. The number of sulfone groups is 1. The van der Waals surface area contributed by atoms with Gasteiger partial charge in [0.2, 0.25) is 0 Å². The minimum Gasteiger partial charge on any atom is -0.228 e. The number of rotatable bonds is 5. The van der Waals surface area contributed by atoms with Gasteiger partial charge in [0.1, 0.15) is 0 Å². The first-order chi connectivity index (χ1) is 11.1. The Balaban J connectivity index is 1.80. The van der Waals surface area contributed by atoms with Crippen molar-refractivity contribution in [2.75, 3.05) is 5.75 Å². The summed E-state index contributed by atoms with van der Waals surface area (Å²) in [5.41, 5.74) is 0.825. The van der Waals surface area contributed by atoms with Gasteiger partial charge in [-0.25, -0.2) is 17.2 Å². The summed E-state index contributed by atoms with van der Waals surface area (Å²) in [5, 5.41) is 0. The van der Waals surface area contributed by atoms with Crippen LogP contribution in [0, 0.1) is 23.5 Å². The molecule has 1 aliphatic rings. The van der Waals surface area contributed by atoms with Gasteiger partial charge in [-0.1, -0.05) is 18.9 Å². The van der Waals surface area contributed by atoms with Gasteiger partial charge in [-0.3, -0.25) is 0 Å². The summed E-state index contributed by atoms with van der Waals surface area (Å²) in [6.07, 6.45) is 5.62. The van der Waals surface area contributed by atoms with E-state index in [2.05, 4.69) is 0 Å². The SMILES string of the molecule is CC(C)(C)S(=O)(=O)CC1CCC(CCc2ccc(F)c(F)c2)CC1. The number of hydrogen-bond acceptors (Lipinski definition) is 2. The lowest BCUT2D eigenvalue weighted by Gasteiger charge is -2.30. The quantitative estimate of drug-likeness (QED) is 0.749. The van der Waals surface area contributed by atoms with Crippen molar-refractivity contribution in [1.29, 1.82) is 0 Å². The molecule has 1 aromatic rings. The Hall–Kier alpha value is -0.970. The average molecular weight is 358 g/mol. The lowest BCUT2D eigenvalue weighted by atomic mass is 9.80. The summed E-state index contributed by atoms with van der Waals surface area (Å²) in [6.45, 7) is 5.28. The maximum absolute atomic E-state index is 13.2. The molecule has 0 radical (unpaired) electrons. The van der Waals surface area contributed by atoms with Gasteiger partial charge < -0.3 is 0 Å². The van der Waals surface area contributed by atoms with E-state index in [9.17, 15) is 17.2 Å². The predicted molar refractivity (Wildman–Crippen MR) is 93.7 cm³/mol. The minimum absolute atomic E-state index is 0.258. The van der Waals surface area contributed by atoms with Crippen LogP contribution in [0.25, 0.3) is 0 Å². The van der Waals surface area contributed by atoms with Gasteiger partial charge in [0.25, 0.3) is 0 Å². The number of benzene rings is 1. The van der Waals surface area contributed by atoms with E-state index in [1.54, 1.807) is 26.8 Å². The summed E-state index contributed by atoms with van der Waals surface area (Å²) in [7, 11) is -3.06. The summed E-state index contributed by atoms with van der Waals surface area (Å²) in [5.74, 6) is -0.504. The van der Waals surface area contributed by atoms with Gasteiger partial charge in [-0.15, -0.1) is 0 Å². The van der Waals surface area contributed by atoms with E-state index in [0.29, 0.717) is 5.92 Å². The van der Waals surface area contributed by atoms with Gasteiger partial charge >= 0.3 is 0 Å². The molecule has 0 aromatic heterocycles. The molecule has 1 fully saturated rings. The summed E-state index contributed by atoms with van der Waals surface area (Å²) >= 11 is 0. The summed E-state index contributed by atoms with van der Waals surface area (Å²) in [4.78, 5) is 0. The van der Waals surface area contributed by atoms with E-state index in [1.807, 2.05) is 0 Å². The van der Waals surface area contributed by atoms with Crippen molar-refractivity contribution >= 4 is 9.84 Å². The van der Waals surface area contributed by atoms with Crippen LogP contribution < -0.4 is 0 Å². The van der Waals surface area contributed by atoms with Crippen LogP contribution in [0.15, 0.2) is 18.2 Å². The zero-order chi connectivity index (χ0) is 18.0. The fourth-order valence-electron chi connectivity index (χ4n) is 3.31. The first kappa shape index (κ1) is 19.4. The lowest BCUT2D eigenvalue weighted by molar-refractivity contribution is 0.278. The smallest absolute Gasteiger partial charge is 0.159 e. The van der Waals surface area contributed by atoms with Gasteiger partial charge in [0, 0.05) is 0 Å². The second-order valence-corrected chi connectivity index (χ2v) is 10.9. The third-order valence-electron chi connectivity index (χ3n) is 5.18. The fourth-order valence-corrected chi connectivity index (χ4v) is 4.77. The second kappa shape index (κ2) is 7.51. The monoisotopic (exact) mass is 358 g/mol. The van der Waals surface area contributed by atoms with Crippen LogP contribution in [-0.2, 0) is 16.3 Å². The molecular weight excluding hydrogens is 330 g/mol. The van der Waals surface area contributed by atoms with Gasteiger partial charge in [-0.2, -0.15) is 0 Å². The van der Waals surface area contributed by atoms with Crippen LogP contribution in [0.2, 0.25) is 0 Å². The molecule has 0 N–H and O–H groups in total. The molecule has 0 heterocycles. The van der Waals surface area contributed by atoms with Gasteiger partial charge in [-0.05, 0) is 76.0 Å².